The molecule has 1 saturated heterocycles. The van der Waals surface area contributed by atoms with Crippen molar-refractivity contribution in [3.05, 3.63) is 29.8 Å². The first-order chi connectivity index (χ1) is 8.29. The molecule has 2 rings (SSSR count). The first-order valence-corrected chi connectivity index (χ1v) is 6.42. The highest BCUT2D eigenvalue weighted by molar-refractivity contribution is 5.09. The third-order valence-electron chi connectivity index (χ3n) is 3.21. The molecule has 0 bridgehead atoms. The number of aromatic nitrogens is 1. The first-order valence-electron chi connectivity index (χ1n) is 6.42. The molecule has 1 aliphatic rings. The summed E-state index contributed by atoms with van der Waals surface area (Å²) in [5.74, 6) is -0.276. The predicted molar refractivity (Wildman–Crippen MR) is 65.8 cm³/mol. The van der Waals surface area contributed by atoms with Gasteiger partial charge in [0.1, 0.15) is 5.82 Å². The minimum absolute atomic E-state index is 0.189. The molecule has 0 aromatic carbocycles. The molecular formula is C13H20FN3. The molecule has 94 valence electrons. The number of halogens is 1. The fourth-order valence-corrected chi connectivity index (χ4v) is 2.20. The molecule has 1 aromatic rings. The highest BCUT2D eigenvalue weighted by Gasteiger charge is 2.16. The Morgan fingerprint density at radius 3 is 2.71 bits per heavy atom. The topological polar surface area (TPSA) is 28.2 Å². The summed E-state index contributed by atoms with van der Waals surface area (Å²) in [6.07, 6.45) is 6.06. The fraction of sp³-hybridized carbons (Fsp3) is 0.615. The average Bonchev–Trinajstić information content (AvgIpc) is 2.38. The zero-order chi connectivity index (χ0) is 12.1. The van der Waals surface area contributed by atoms with Gasteiger partial charge in [0.2, 0.25) is 0 Å². The maximum Gasteiger partial charge on any atom is 0.141 e. The van der Waals surface area contributed by atoms with E-state index in [0.29, 0.717) is 0 Å². The van der Waals surface area contributed by atoms with Crippen molar-refractivity contribution in [1.29, 1.82) is 0 Å². The zero-order valence-corrected chi connectivity index (χ0v) is 10.3. The Bertz CT molecular complexity index is 333. The van der Waals surface area contributed by atoms with E-state index < -0.39 is 0 Å². The molecule has 1 aliphatic heterocycles. The van der Waals surface area contributed by atoms with Gasteiger partial charge in [-0.15, -0.1) is 0 Å². The maximum atomic E-state index is 12.8. The molecule has 17 heavy (non-hydrogen) atoms. The summed E-state index contributed by atoms with van der Waals surface area (Å²) >= 11 is 0. The van der Waals surface area contributed by atoms with E-state index in [4.69, 9.17) is 0 Å². The predicted octanol–water partition coefficient (Wildman–Crippen LogP) is 2.66. The second-order valence-electron chi connectivity index (χ2n) is 4.54. The second kappa shape index (κ2) is 6.07. The van der Waals surface area contributed by atoms with Crippen LogP contribution in [-0.2, 0) is 0 Å². The minimum atomic E-state index is -0.276. The Morgan fingerprint density at radius 1 is 1.35 bits per heavy atom. The van der Waals surface area contributed by atoms with Gasteiger partial charge < -0.3 is 0 Å². The quantitative estimate of drug-likeness (QED) is 0.872. The number of hydrogen-bond donors (Lipinski definition) is 1. The SMILES string of the molecule is CCC(NN1CCCCC1)c1ccc(F)cn1. The van der Waals surface area contributed by atoms with Crippen molar-refractivity contribution in [2.75, 3.05) is 13.1 Å². The number of piperidine rings is 1. The van der Waals surface area contributed by atoms with Crippen LogP contribution >= 0.6 is 0 Å². The summed E-state index contributed by atoms with van der Waals surface area (Å²) in [4.78, 5) is 4.15. The Balaban J connectivity index is 1.97. The molecular weight excluding hydrogens is 217 g/mol. The molecule has 0 amide bonds. The molecule has 1 atom stereocenters. The highest BCUT2D eigenvalue weighted by Crippen LogP contribution is 2.16. The van der Waals surface area contributed by atoms with Gasteiger partial charge >= 0.3 is 0 Å². The zero-order valence-electron chi connectivity index (χ0n) is 10.3. The lowest BCUT2D eigenvalue weighted by atomic mass is 10.1. The van der Waals surface area contributed by atoms with E-state index in [2.05, 4.69) is 22.3 Å². The van der Waals surface area contributed by atoms with Gasteiger partial charge in [0.25, 0.3) is 0 Å². The number of rotatable bonds is 4. The van der Waals surface area contributed by atoms with Gasteiger partial charge in [0.05, 0.1) is 17.9 Å². The van der Waals surface area contributed by atoms with Crippen molar-refractivity contribution >= 4 is 0 Å². The Morgan fingerprint density at radius 2 is 2.12 bits per heavy atom. The van der Waals surface area contributed by atoms with Crippen LogP contribution in [0.15, 0.2) is 18.3 Å². The molecule has 4 heteroatoms. The van der Waals surface area contributed by atoms with Crippen LogP contribution in [0.1, 0.15) is 44.3 Å². The van der Waals surface area contributed by atoms with Crippen LogP contribution in [-0.4, -0.2) is 23.1 Å². The fourth-order valence-electron chi connectivity index (χ4n) is 2.20. The molecule has 1 unspecified atom stereocenters. The summed E-state index contributed by atoms with van der Waals surface area (Å²) in [5.41, 5.74) is 4.41. The van der Waals surface area contributed by atoms with Gasteiger partial charge in [-0.05, 0) is 31.4 Å². The molecule has 1 N–H and O–H groups in total. The van der Waals surface area contributed by atoms with E-state index in [1.165, 1.54) is 31.5 Å². The number of nitrogens with one attached hydrogen (secondary N) is 1. The Labute approximate surface area is 102 Å². The normalized spacial score (nSPS) is 19.2. The highest BCUT2D eigenvalue weighted by atomic mass is 19.1. The van der Waals surface area contributed by atoms with Gasteiger partial charge in [-0.2, -0.15) is 0 Å². The minimum Gasteiger partial charge on any atom is -0.257 e. The molecule has 3 nitrogen and oxygen atoms in total. The van der Waals surface area contributed by atoms with E-state index >= 15 is 0 Å². The third-order valence-corrected chi connectivity index (χ3v) is 3.21. The number of hydrogen-bond acceptors (Lipinski definition) is 3. The standard InChI is InChI=1S/C13H20FN3/c1-2-12(13-7-6-11(14)10-15-13)16-17-8-4-3-5-9-17/h6-7,10,12,16H,2-5,8-9H2,1H3. The summed E-state index contributed by atoms with van der Waals surface area (Å²) in [6.45, 7) is 4.31. The van der Waals surface area contributed by atoms with Crippen molar-refractivity contribution in [2.24, 2.45) is 0 Å². The molecule has 0 aliphatic carbocycles. The smallest absolute Gasteiger partial charge is 0.141 e. The van der Waals surface area contributed by atoms with Crippen LogP contribution in [0.5, 0.6) is 0 Å². The van der Waals surface area contributed by atoms with Gasteiger partial charge in [-0.25, -0.2) is 14.8 Å². The summed E-state index contributed by atoms with van der Waals surface area (Å²) in [7, 11) is 0. The first kappa shape index (κ1) is 12.5. The second-order valence-corrected chi connectivity index (χ2v) is 4.54. The summed E-state index contributed by atoms with van der Waals surface area (Å²) < 4.78 is 12.8. The molecule has 1 fully saturated rings. The van der Waals surface area contributed by atoms with Crippen molar-refractivity contribution in [3.8, 4) is 0 Å². The lowest BCUT2D eigenvalue weighted by Gasteiger charge is -2.31. The van der Waals surface area contributed by atoms with Crippen LogP contribution in [0.4, 0.5) is 4.39 Å². The lowest BCUT2D eigenvalue weighted by molar-refractivity contribution is 0.125. The molecule has 0 spiro atoms. The summed E-state index contributed by atoms with van der Waals surface area (Å²) in [6, 6.07) is 3.43. The number of nitrogens with zero attached hydrogens (tertiary/aromatic N) is 2. The van der Waals surface area contributed by atoms with E-state index in [-0.39, 0.29) is 11.9 Å². The lowest BCUT2D eigenvalue weighted by Crippen LogP contribution is -2.43. The van der Waals surface area contributed by atoms with Crippen molar-refractivity contribution in [3.63, 3.8) is 0 Å². The van der Waals surface area contributed by atoms with E-state index in [1.54, 1.807) is 6.07 Å². The molecule has 0 saturated carbocycles. The van der Waals surface area contributed by atoms with Crippen molar-refractivity contribution in [1.82, 2.24) is 15.4 Å². The monoisotopic (exact) mass is 237 g/mol. The molecule has 2 heterocycles. The third kappa shape index (κ3) is 3.48. The van der Waals surface area contributed by atoms with Gasteiger partial charge in [-0.3, -0.25) is 4.98 Å². The van der Waals surface area contributed by atoms with Crippen molar-refractivity contribution in [2.45, 2.75) is 38.6 Å². The number of pyridine rings is 1. The molecule has 0 radical (unpaired) electrons. The van der Waals surface area contributed by atoms with Crippen LogP contribution in [0, 0.1) is 5.82 Å². The van der Waals surface area contributed by atoms with Gasteiger partial charge in [0.15, 0.2) is 0 Å². The number of hydrazine groups is 1. The van der Waals surface area contributed by atoms with Crippen LogP contribution < -0.4 is 5.43 Å². The average molecular weight is 237 g/mol. The van der Waals surface area contributed by atoms with Crippen LogP contribution in [0.2, 0.25) is 0 Å². The summed E-state index contributed by atoms with van der Waals surface area (Å²) in [5, 5.41) is 2.27. The Hall–Kier alpha value is -1.00. The largest absolute Gasteiger partial charge is 0.257 e. The van der Waals surface area contributed by atoms with Crippen molar-refractivity contribution < 1.29 is 4.39 Å². The maximum absolute atomic E-state index is 12.8. The molecule has 1 aromatic heterocycles. The van der Waals surface area contributed by atoms with Gasteiger partial charge in [-0.1, -0.05) is 13.3 Å². The van der Waals surface area contributed by atoms with Crippen LogP contribution in [0.3, 0.4) is 0 Å². The van der Waals surface area contributed by atoms with Gasteiger partial charge in [0, 0.05) is 13.1 Å². The van der Waals surface area contributed by atoms with E-state index in [9.17, 15) is 4.39 Å². The van der Waals surface area contributed by atoms with E-state index in [0.717, 1.165) is 25.2 Å². The Kier molecular flexibility index (Phi) is 4.45. The van der Waals surface area contributed by atoms with Crippen LogP contribution in [0.25, 0.3) is 0 Å². The van der Waals surface area contributed by atoms with E-state index in [1.807, 2.05) is 0 Å².